The lowest BCUT2D eigenvalue weighted by Crippen LogP contribution is -2.28. The van der Waals surface area contributed by atoms with E-state index in [1.54, 1.807) is 11.8 Å². The van der Waals surface area contributed by atoms with E-state index < -0.39 is 0 Å². The van der Waals surface area contributed by atoms with Gasteiger partial charge in [-0.25, -0.2) is 14.6 Å². The van der Waals surface area contributed by atoms with Gasteiger partial charge in [0.05, 0.1) is 18.1 Å². The predicted octanol–water partition coefficient (Wildman–Crippen LogP) is 2.70. The van der Waals surface area contributed by atoms with Gasteiger partial charge >= 0.3 is 0 Å². The zero-order chi connectivity index (χ0) is 18.5. The second kappa shape index (κ2) is 8.70. The van der Waals surface area contributed by atoms with Crippen molar-refractivity contribution in [2.75, 3.05) is 30.3 Å². The lowest BCUT2D eigenvalue weighted by molar-refractivity contribution is -0.121. The second-order valence-electron chi connectivity index (χ2n) is 7.01. The summed E-state index contributed by atoms with van der Waals surface area (Å²) in [4.78, 5) is 23.7. The van der Waals surface area contributed by atoms with E-state index in [-0.39, 0.29) is 5.91 Å². The lowest BCUT2D eigenvalue weighted by Gasteiger charge is -2.17. The highest BCUT2D eigenvalue weighted by Crippen LogP contribution is 2.29. The molecule has 1 saturated heterocycles. The van der Waals surface area contributed by atoms with Crippen LogP contribution in [0.2, 0.25) is 0 Å². The summed E-state index contributed by atoms with van der Waals surface area (Å²) >= 11 is 1.65. The van der Waals surface area contributed by atoms with E-state index >= 15 is 0 Å². The van der Waals surface area contributed by atoms with E-state index in [0.717, 1.165) is 40.9 Å². The molecule has 8 heteroatoms. The van der Waals surface area contributed by atoms with Gasteiger partial charge in [-0.2, -0.15) is 5.10 Å². The minimum absolute atomic E-state index is 0.0890. The molecule has 0 aliphatic carbocycles. The molecule has 3 heterocycles. The molecule has 7 nitrogen and oxygen atoms in total. The molecule has 2 aromatic rings. The third-order valence-electron chi connectivity index (χ3n) is 4.37. The van der Waals surface area contributed by atoms with Crippen LogP contribution < -0.4 is 10.2 Å². The number of carbonyl (C=O) groups is 1. The molecule has 1 amide bonds. The van der Waals surface area contributed by atoms with Gasteiger partial charge in [-0.05, 0) is 24.5 Å². The molecular formula is C18H28N6OS. The van der Waals surface area contributed by atoms with E-state index in [4.69, 9.17) is 9.97 Å². The average molecular weight is 377 g/mol. The summed E-state index contributed by atoms with van der Waals surface area (Å²) in [5.41, 5.74) is 0.857. The minimum Gasteiger partial charge on any atom is -0.356 e. The second-order valence-corrected chi connectivity index (χ2v) is 8.24. The third-order valence-corrected chi connectivity index (χ3v) is 5.10. The summed E-state index contributed by atoms with van der Waals surface area (Å²) in [7, 11) is 0. The molecule has 0 aromatic carbocycles. The van der Waals surface area contributed by atoms with Crippen molar-refractivity contribution in [2.24, 2.45) is 5.92 Å². The number of aromatic nitrogens is 4. The predicted molar refractivity (Wildman–Crippen MR) is 106 cm³/mol. The normalized spacial score (nSPS) is 14.5. The first-order valence-electron chi connectivity index (χ1n) is 9.46. The van der Waals surface area contributed by atoms with Crippen LogP contribution in [-0.2, 0) is 11.3 Å². The summed E-state index contributed by atoms with van der Waals surface area (Å²) in [6.45, 7) is 9.45. The fraction of sp³-hybridized carbons (Fsp3) is 0.667. The maximum absolute atomic E-state index is 11.8. The Labute approximate surface area is 158 Å². The van der Waals surface area contributed by atoms with Crippen molar-refractivity contribution in [1.82, 2.24) is 25.1 Å². The van der Waals surface area contributed by atoms with Crippen LogP contribution >= 0.6 is 11.8 Å². The molecule has 142 valence electrons. The third kappa shape index (κ3) is 4.47. The van der Waals surface area contributed by atoms with Crippen molar-refractivity contribution in [1.29, 1.82) is 0 Å². The largest absolute Gasteiger partial charge is 0.356 e. The summed E-state index contributed by atoms with van der Waals surface area (Å²) in [6.07, 6.45) is 4.83. The Balaban J connectivity index is 1.79. The van der Waals surface area contributed by atoms with Gasteiger partial charge in [0.1, 0.15) is 5.82 Å². The zero-order valence-electron chi connectivity index (χ0n) is 15.9. The molecule has 2 aromatic heterocycles. The Morgan fingerprint density at radius 3 is 2.77 bits per heavy atom. The number of amides is 1. The number of nitrogens with one attached hydrogen (secondary N) is 1. The molecular weight excluding hydrogens is 348 g/mol. The summed E-state index contributed by atoms with van der Waals surface area (Å²) in [5.74, 6) is 2.39. The van der Waals surface area contributed by atoms with Crippen molar-refractivity contribution < 1.29 is 4.79 Å². The number of rotatable bonds is 8. The maximum atomic E-state index is 11.8. The Kier molecular flexibility index (Phi) is 6.34. The van der Waals surface area contributed by atoms with Crippen molar-refractivity contribution in [3.05, 3.63) is 6.20 Å². The first-order chi connectivity index (χ1) is 12.6. The zero-order valence-corrected chi connectivity index (χ0v) is 16.7. The van der Waals surface area contributed by atoms with Gasteiger partial charge in [0.2, 0.25) is 5.91 Å². The van der Waals surface area contributed by atoms with Crippen LogP contribution in [0.3, 0.4) is 0 Å². The number of nitrogens with zero attached hydrogens (tertiary/aromatic N) is 5. The molecule has 1 N–H and O–H groups in total. The van der Waals surface area contributed by atoms with Crippen LogP contribution in [0.5, 0.6) is 0 Å². The smallest absolute Gasteiger partial charge is 0.220 e. The molecule has 0 spiro atoms. The van der Waals surface area contributed by atoms with Crippen molar-refractivity contribution in [3.8, 4) is 0 Å². The van der Waals surface area contributed by atoms with Gasteiger partial charge in [0.15, 0.2) is 10.8 Å². The number of hydrogen-bond donors (Lipinski definition) is 1. The highest BCUT2D eigenvalue weighted by molar-refractivity contribution is 7.99. The highest BCUT2D eigenvalue weighted by atomic mass is 32.2. The molecule has 1 fully saturated rings. The number of fused-ring (bicyclic) bond motifs is 1. The Hall–Kier alpha value is -1.83. The first-order valence-corrected chi connectivity index (χ1v) is 10.4. The molecule has 1 aliphatic heterocycles. The molecule has 0 atom stereocenters. The molecule has 0 radical (unpaired) electrons. The van der Waals surface area contributed by atoms with Crippen molar-refractivity contribution in [2.45, 2.75) is 51.7 Å². The van der Waals surface area contributed by atoms with Crippen LogP contribution in [0.4, 0.5) is 5.82 Å². The van der Waals surface area contributed by atoms with Gasteiger partial charge < -0.3 is 10.2 Å². The van der Waals surface area contributed by atoms with Gasteiger partial charge in [0, 0.05) is 26.1 Å². The van der Waals surface area contributed by atoms with Gasteiger partial charge in [0.25, 0.3) is 0 Å². The summed E-state index contributed by atoms with van der Waals surface area (Å²) in [5, 5.41) is 9.28. The molecule has 0 unspecified atom stereocenters. The van der Waals surface area contributed by atoms with E-state index in [1.807, 2.05) is 24.7 Å². The topological polar surface area (TPSA) is 75.9 Å². The fourth-order valence-corrected chi connectivity index (χ4v) is 3.75. The fourth-order valence-electron chi connectivity index (χ4n) is 3.19. The van der Waals surface area contributed by atoms with Crippen molar-refractivity contribution >= 4 is 34.5 Å². The number of thioether (sulfide) groups is 1. The standard InChI is InChI=1S/C18H28N6OS/c1-4-26-18-21-16(23-8-5-6-9-23)14-12-20-24(17(14)22-18)10-7-19-15(25)11-13(2)3/h12-13H,4-11H2,1-3H3,(H,19,25). The monoisotopic (exact) mass is 376 g/mol. The van der Waals surface area contributed by atoms with E-state index in [0.29, 0.717) is 25.4 Å². The highest BCUT2D eigenvalue weighted by Gasteiger charge is 2.20. The summed E-state index contributed by atoms with van der Waals surface area (Å²) < 4.78 is 1.88. The molecule has 0 bridgehead atoms. The Morgan fingerprint density at radius 1 is 1.31 bits per heavy atom. The van der Waals surface area contributed by atoms with Crippen LogP contribution in [-0.4, -0.2) is 51.0 Å². The molecule has 26 heavy (non-hydrogen) atoms. The number of anilines is 1. The van der Waals surface area contributed by atoms with Crippen molar-refractivity contribution in [3.63, 3.8) is 0 Å². The maximum Gasteiger partial charge on any atom is 0.220 e. The molecule has 3 rings (SSSR count). The number of carbonyl (C=O) groups excluding carboxylic acids is 1. The van der Waals surface area contributed by atoms with E-state index in [1.165, 1.54) is 12.8 Å². The van der Waals surface area contributed by atoms with Gasteiger partial charge in [-0.15, -0.1) is 0 Å². The lowest BCUT2D eigenvalue weighted by atomic mass is 10.1. The molecule has 0 saturated carbocycles. The van der Waals surface area contributed by atoms with Gasteiger partial charge in [-0.1, -0.05) is 32.5 Å². The summed E-state index contributed by atoms with van der Waals surface area (Å²) in [6, 6.07) is 0. The molecule has 1 aliphatic rings. The van der Waals surface area contributed by atoms with E-state index in [2.05, 4.69) is 22.2 Å². The SMILES string of the molecule is CCSc1nc(N2CCCC2)c2cnn(CCNC(=O)CC(C)C)c2n1. The van der Waals surface area contributed by atoms with Gasteiger partial charge in [-0.3, -0.25) is 4.79 Å². The van der Waals surface area contributed by atoms with Crippen LogP contribution in [0.25, 0.3) is 11.0 Å². The van der Waals surface area contributed by atoms with E-state index in [9.17, 15) is 4.79 Å². The quantitative estimate of drug-likeness (QED) is 0.564. The van der Waals surface area contributed by atoms with Crippen LogP contribution in [0, 0.1) is 5.92 Å². The first kappa shape index (κ1) is 18.9. The Morgan fingerprint density at radius 2 is 2.08 bits per heavy atom. The van der Waals surface area contributed by atoms with Crippen LogP contribution in [0.15, 0.2) is 11.4 Å². The average Bonchev–Trinajstić information content (AvgIpc) is 3.24. The Bertz CT molecular complexity index is 753. The number of hydrogen-bond acceptors (Lipinski definition) is 6. The minimum atomic E-state index is 0.0890. The van der Waals surface area contributed by atoms with Crippen LogP contribution in [0.1, 0.15) is 40.0 Å².